The number of ether oxygens (including phenoxy) is 5. The van der Waals surface area contributed by atoms with Crippen LogP contribution in [-0.2, 0) is 42.9 Å². The summed E-state index contributed by atoms with van der Waals surface area (Å²) in [5, 5.41) is 13.5. The number of amides is 1. The molecule has 1 fully saturated rings. The summed E-state index contributed by atoms with van der Waals surface area (Å²) in [6.45, 7) is 3.85. The number of nitro groups is 1. The van der Waals surface area contributed by atoms with Crippen LogP contribution in [0.3, 0.4) is 0 Å². The van der Waals surface area contributed by atoms with Gasteiger partial charge in [0.15, 0.2) is 12.2 Å². The Morgan fingerprint density at radius 3 is 2.09 bits per heavy atom. The van der Waals surface area contributed by atoms with E-state index < -0.39 is 72.0 Å². The van der Waals surface area contributed by atoms with Crippen LogP contribution in [-0.4, -0.2) is 72.0 Å². The molecule has 1 N–H and O–H groups in total. The fraction of sp³-hybridized carbons (Fsp3) is 0.476. The predicted octanol–water partition coefficient (Wildman–Crippen LogP) is 0.408. The molecule has 0 spiro atoms. The van der Waals surface area contributed by atoms with Crippen LogP contribution >= 0.6 is 0 Å². The number of nitro benzene ring substituents is 1. The van der Waals surface area contributed by atoms with E-state index in [4.69, 9.17) is 23.7 Å². The van der Waals surface area contributed by atoms with Crippen molar-refractivity contribution in [3.8, 4) is 0 Å². The van der Waals surface area contributed by atoms with Crippen LogP contribution in [0.15, 0.2) is 24.3 Å². The minimum absolute atomic E-state index is 0.131. The maximum absolute atomic E-state index is 12.9. The van der Waals surface area contributed by atoms with Crippen LogP contribution in [0.1, 0.15) is 38.1 Å². The zero-order chi connectivity index (χ0) is 26.3. The number of nitrogens with one attached hydrogen (secondary N) is 1. The molecule has 0 aliphatic carbocycles. The number of nitrogens with zero attached hydrogens (tertiary/aromatic N) is 1. The molecule has 190 valence electrons. The highest BCUT2D eigenvalue weighted by molar-refractivity contribution is 5.95. The minimum Gasteiger partial charge on any atom is -0.463 e. The Kier molecular flexibility index (Phi) is 9.22. The average Bonchev–Trinajstić information content (AvgIpc) is 2.75. The monoisotopic (exact) mass is 496 g/mol. The van der Waals surface area contributed by atoms with Gasteiger partial charge in [0.25, 0.3) is 11.6 Å². The normalized spacial score (nSPS) is 23.4. The zero-order valence-corrected chi connectivity index (χ0v) is 19.2. The molecule has 1 amide bonds. The van der Waals surface area contributed by atoms with Gasteiger partial charge in [0.2, 0.25) is 6.29 Å². The molecule has 1 heterocycles. The molecule has 1 aliphatic rings. The number of carbonyl (C=O) groups excluding carboxylic acids is 5. The lowest BCUT2D eigenvalue weighted by atomic mass is 9.95. The second kappa shape index (κ2) is 11.9. The SMILES string of the molecule is CC(=O)OC[C@@H]1O[C@H](OC(C)=O)[C@H](NC(=O)c2cccc([N+](=O)[O-])c2)[C@H](OC(C)=O)[C@H]1OC(C)=O. The molecule has 1 aromatic rings. The molecule has 1 aromatic carbocycles. The third kappa shape index (κ3) is 7.74. The number of benzene rings is 1. The molecule has 0 saturated carbocycles. The second-order valence-corrected chi connectivity index (χ2v) is 7.41. The number of hydrogen-bond acceptors (Lipinski definition) is 12. The molecule has 5 atom stereocenters. The van der Waals surface area contributed by atoms with Crippen LogP contribution in [0.5, 0.6) is 0 Å². The lowest BCUT2D eigenvalue weighted by Crippen LogP contribution is -2.67. The average molecular weight is 496 g/mol. The van der Waals surface area contributed by atoms with Crippen molar-refractivity contribution < 1.29 is 52.6 Å². The standard InChI is InChI=1S/C21H24N2O12/c1-10(24)31-9-16-18(32-11(2)25)19(33-12(3)26)17(21(35-16)34-13(4)27)22-20(28)14-6-5-7-15(8-14)23(29)30/h5-8,16-19,21H,9H2,1-4H3,(H,22,28)/t16-,17+,18-,19-,21-/m0/s1. The van der Waals surface area contributed by atoms with Gasteiger partial charge in [-0.2, -0.15) is 0 Å². The molecule has 1 saturated heterocycles. The van der Waals surface area contributed by atoms with Crippen molar-refractivity contribution in [2.75, 3.05) is 6.61 Å². The van der Waals surface area contributed by atoms with Crippen LogP contribution in [0, 0.1) is 10.1 Å². The summed E-state index contributed by atoms with van der Waals surface area (Å²) in [6, 6.07) is 3.34. The first-order valence-corrected chi connectivity index (χ1v) is 10.2. The fourth-order valence-corrected chi connectivity index (χ4v) is 3.32. The highest BCUT2D eigenvalue weighted by Crippen LogP contribution is 2.28. The van der Waals surface area contributed by atoms with E-state index in [1.165, 1.54) is 18.2 Å². The quantitative estimate of drug-likeness (QED) is 0.226. The van der Waals surface area contributed by atoms with E-state index in [1.807, 2.05) is 0 Å². The number of non-ortho nitro benzene ring substituents is 1. The van der Waals surface area contributed by atoms with Gasteiger partial charge >= 0.3 is 23.9 Å². The lowest BCUT2D eigenvalue weighted by molar-refractivity contribution is -0.384. The molecule has 2 rings (SSSR count). The van der Waals surface area contributed by atoms with Gasteiger partial charge in [-0.1, -0.05) is 6.07 Å². The molecule has 0 radical (unpaired) electrons. The second-order valence-electron chi connectivity index (χ2n) is 7.41. The van der Waals surface area contributed by atoms with Gasteiger partial charge in [-0.05, 0) is 6.07 Å². The van der Waals surface area contributed by atoms with Gasteiger partial charge in [-0.3, -0.25) is 34.1 Å². The van der Waals surface area contributed by atoms with Gasteiger partial charge in [0, 0.05) is 45.4 Å². The summed E-state index contributed by atoms with van der Waals surface area (Å²) < 4.78 is 26.3. The predicted molar refractivity (Wildman–Crippen MR) is 113 cm³/mol. The number of carbonyl (C=O) groups is 5. The highest BCUT2D eigenvalue weighted by Gasteiger charge is 2.52. The van der Waals surface area contributed by atoms with Crippen LogP contribution in [0.2, 0.25) is 0 Å². The summed E-state index contributed by atoms with van der Waals surface area (Å²) in [6.07, 6.45) is -5.68. The van der Waals surface area contributed by atoms with E-state index in [1.54, 1.807) is 0 Å². The molecule has 1 aliphatic heterocycles. The maximum atomic E-state index is 12.9. The summed E-state index contributed by atoms with van der Waals surface area (Å²) in [4.78, 5) is 70.0. The van der Waals surface area contributed by atoms with Crippen LogP contribution < -0.4 is 5.32 Å². The summed E-state index contributed by atoms with van der Waals surface area (Å²) >= 11 is 0. The molecule has 0 bridgehead atoms. The Labute approximate surface area is 198 Å². The van der Waals surface area contributed by atoms with E-state index in [2.05, 4.69) is 5.32 Å². The fourth-order valence-electron chi connectivity index (χ4n) is 3.32. The first-order valence-electron chi connectivity index (χ1n) is 10.2. The topological polar surface area (TPSA) is 187 Å². The number of rotatable bonds is 8. The molecule has 35 heavy (non-hydrogen) atoms. The summed E-state index contributed by atoms with van der Waals surface area (Å²) in [5.74, 6) is -4.03. The van der Waals surface area contributed by atoms with Crippen molar-refractivity contribution in [2.45, 2.75) is 58.3 Å². The molecule has 14 heteroatoms. The van der Waals surface area contributed by atoms with Crippen LogP contribution in [0.4, 0.5) is 5.69 Å². The molecular weight excluding hydrogens is 472 g/mol. The van der Waals surface area contributed by atoms with Gasteiger partial charge in [-0.25, -0.2) is 0 Å². The first-order chi connectivity index (χ1) is 16.4. The molecule has 0 unspecified atom stereocenters. The smallest absolute Gasteiger partial charge is 0.305 e. The Morgan fingerprint density at radius 2 is 1.54 bits per heavy atom. The number of hydrogen-bond donors (Lipinski definition) is 1. The third-order valence-corrected chi connectivity index (χ3v) is 4.60. The highest BCUT2D eigenvalue weighted by atomic mass is 16.7. The van der Waals surface area contributed by atoms with Crippen molar-refractivity contribution in [3.05, 3.63) is 39.9 Å². The van der Waals surface area contributed by atoms with Gasteiger partial charge < -0.3 is 29.0 Å². The lowest BCUT2D eigenvalue weighted by Gasteiger charge is -2.44. The largest absolute Gasteiger partial charge is 0.463 e. The summed E-state index contributed by atoms with van der Waals surface area (Å²) in [7, 11) is 0. The zero-order valence-electron chi connectivity index (χ0n) is 19.2. The molecular formula is C21H24N2O12. The maximum Gasteiger partial charge on any atom is 0.305 e. The van der Waals surface area contributed by atoms with Gasteiger partial charge in [-0.15, -0.1) is 0 Å². The Hall–Kier alpha value is -4.07. The third-order valence-electron chi connectivity index (χ3n) is 4.60. The van der Waals surface area contributed by atoms with Crippen molar-refractivity contribution in [1.29, 1.82) is 0 Å². The Bertz CT molecular complexity index is 1010. The Morgan fingerprint density at radius 1 is 0.943 bits per heavy atom. The van der Waals surface area contributed by atoms with Crippen molar-refractivity contribution in [1.82, 2.24) is 5.32 Å². The van der Waals surface area contributed by atoms with E-state index in [-0.39, 0.29) is 11.3 Å². The van der Waals surface area contributed by atoms with E-state index in [0.29, 0.717) is 0 Å². The van der Waals surface area contributed by atoms with Crippen molar-refractivity contribution in [2.24, 2.45) is 0 Å². The summed E-state index contributed by atoms with van der Waals surface area (Å²) in [5.41, 5.74) is -0.488. The Balaban J connectivity index is 2.48. The molecule has 0 aromatic heterocycles. The van der Waals surface area contributed by atoms with Crippen LogP contribution in [0.25, 0.3) is 0 Å². The van der Waals surface area contributed by atoms with E-state index in [9.17, 15) is 34.1 Å². The van der Waals surface area contributed by atoms with E-state index >= 15 is 0 Å². The van der Waals surface area contributed by atoms with Gasteiger partial charge in [0.05, 0.1) is 4.92 Å². The van der Waals surface area contributed by atoms with E-state index in [0.717, 1.165) is 33.8 Å². The molecule has 14 nitrogen and oxygen atoms in total. The van der Waals surface area contributed by atoms with Crippen molar-refractivity contribution in [3.63, 3.8) is 0 Å². The van der Waals surface area contributed by atoms with Crippen molar-refractivity contribution >= 4 is 35.5 Å². The van der Waals surface area contributed by atoms with Gasteiger partial charge in [0.1, 0.15) is 18.8 Å². The minimum atomic E-state index is -1.58. The first kappa shape index (κ1) is 27.2. The number of esters is 4.